The van der Waals surface area contributed by atoms with E-state index in [-0.39, 0.29) is 24.0 Å². The molecule has 0 atom stereocenters. The van der Waals surface area contributed by atoms with Gasteiger partial charge in [0.1, 0.15) is 0 Å². The summed E-state index contributed by atoms with van der Waals surface area (Å²) >= 11 is 0. The minimum atomic E-state index is -0.334. The average molecular weight is 199 g/mol. The largest absolute Gasteiger partial charge is 0.466 e. The number of hydrogen-bond donors (Lipinski definition) is 3. The molecule has 7 nitrogen and oxygen atoms in total. The molecule has 78 valence electrons. The smallest absolute Gasteiger partial charge is 0.336 e. The molecular weight excluding hydrogens is 186 g/mol. The van der Waals surface area contributed by atoms with Crippen molar-refractivity contribution in [2.45, 2.75) is 19.9 Å². The van der Waals surface area contributed by atoms with Crippen LogP contribution < -0.4 is 15.4 Å². The minimum absolute atomic E-state index is 0.0693. The first-order chi connectivity index (χ1) is 6.61. The zero-order chi connectivity index (χ0) is 10.6. The Hall–Kier alpha value is -1.79. The van der Waals surface area contributed by atoms with E-state index in [1.807, 2.05) is 13.8 Å². The average Bonchev–Trinajstić information content (AvgIpc) is 2.50. The molecular formula is C7H13N5O2. The number of carbonyl (C=O) groups excluding carboxylic acids is 1. The van der Waals surface area contributed by atoms with E-state index in [1.54, 1.807) is 0 Å². The molecule has 0 aromatic carbocycles. The molecule has 1 aromatic rings. The van der Waals surface area contributed by atoms with Crippen LogP contribution in [-0.2, 0) is 0 Å². The number of methoxy groups -OCH3 is 1. The predicted molar refractivity (Wildman–Crippen MR) is 50.2 cm³/mol. The number of urea groups is 1. The van der Waals surface area contributed by atoms with Crippen molar-refractivity contribution in [3.63, 3.8) is 0 Å². The van der Waals surface area contributed by atoms with Crippen molar-refractivity contribution >= 4 is 12.0 Å². The maximum atomic E-state index is 11.2. The van der Waals surface area contributed by atoms with E-state index in [9.17, 15) is 4.79 Å². The molecule has 0 aliphatic heterocycles. The van der Waals surface area contributed by atoms with E-state index in [1.165, 1.54) is 7.11 Å². The molecule has 0 bridgehead atoms. The van der Waals surface area contributed by atoms with Crippen molar-refractivity contribution < 1.29 is 9.53 Å². The lowest BCUT2D eigenvalue weighted by molar-refractivity contribution is 0.250. The third-order valence-electron chi connectivity index (χ3n) is 1.30. The van der Waals surface area contributed by atoms with E-state index < -0.39 is 0 Å². The van der Waals surface area contributed by atoms with E-state index in [0.29, 0.717) is 0 Å². The Morgan fingerprint density at radius 3 is 2.79 bits per heavy atom. The normalized spacial score (nSPS) is 10.0. The van der Waals surface area contributed by atoms with Crippen molar-refractivity contribution in [3.05, 3.63) is 0 Å². The molecule has 14 heavy (non-hydrogen) atoms. The number of nitrogens with one attached hydrogen (secondary N) is 3. The van der Waals surface area contributed by atoms with Crippen molar-refractivity contribution in [1.29, 1.82) is 0 Å². The van der Waals surface area contributed by atoms with E-state index in [0.717, 1.165) is 0 Å². The molecule has 7 heteroatoms. The molecule has 0 radical (unpaired) electrons. The van der Waals surface area contributed by atoms with E-state index in [2.05, 4.69) is 25.8 Å². The maximum Gasteiger partial charge on any atom is 0.336 e. The van der Waals surface area contributed by atoms with Gasteiger partial charge in [0.05, 0.1) is 7.11 Å². The third-order valence-corrected chi connectivity index (χ3v) is 1.30. The van der Waals surface area contributed by atoms with Crippen LogP contribution in [0.1, 0.15) is 13.8 Å². The van der Waals surface area contributed by atoms with Gasteiger partial charge in [-0.1, -0.05) is 0 Å². The molecule has 0 saturated heterocycles. The molecule has 1 heterocycles. The first-order valence-corrected chi connectivity index (χ1v) is 4.15. The number of ether oxygens (including phenoxy) is 1. The Bertz CT molecular complexity index is 309. The number of rotatable bonds is 3. The SMILES string of the molecule is COc1n[nH]c(NC(=O)NC(C)C)n1. The Morgan fingerprint density at radius 2 is 2.29 bits per heavy atom. The highest BCUT2D eigenvalue weighted by molar-refractivity contribution is 5.87. The van der Waals surface area contributed by atoms with Crippen LogP contribution in [0.25, 0.3) is 0 Å². The molecule has 0 aliphatic rings. The standard InChI is InChI=1S/C7H13N5O2/c1-4(2)8-6(13)9-5-10-7(14-3)12-11-5/h4H,1-3H3,(H3,8,9,10,11,12,13). The number of hydrogen-bond acceptors (Lipinski definition) is 4. The molecule has 3 N–H and O–H groups in total. The quantitative estimate of drug-likeness (QED) is 0.654. The van der Waals surface area contributed by atoms with Crippen LogP contribution in [0.5, 0.6) is 6.01 Å². The minimum Gasteiger partial charge on any atom is -0.466 e. The Balaban J connectivity index is 2.47. The summed E-state index contributed by atoms with van der Waals surface area (Å²) in [7, 11) is 1.45. The van der Waals surface area contributed by atoms with Crippen LogP contribution >= 0.6 is 0 Å². The van der Waals surface area contributed by atoms with Gasteiger partial charge in [0.25, 0.3) is 0 Å². The van der Waals surface area contributed by atoms with Crippen LogP contribution in [0, 0.1) is 0 Å². The topological polar surface area (TPSA) is 91.9 Å². The summed E-state index contributed by atoms with van der Waals surface area (Å²) in [6.45, 7) is 3.72. The lowest BCUT2D eigenvalue weighted by Gasteiger charge is -2.07. The van der Waals surface area contributed by atoms with Gasteiger partial charge in [0.2, 0.25) is 5.95 Å². The number of nitrogens with zero attached hydrogens (tertiary/aromatic N) is 2. The molecule has 1 aromatic heterocycles. The molecule has 0 fully saturated rings. The van der Waals surface area contributed by atoms with Gasteiger partial charge in [-0.25, -0.2) is 9.89 Å². The van der Waals surface area contributed by atoms with Crippen molar-refractivity contribution in [3.8, 4) is 6.01 Å². The van der Waals surface area contributed by atoms with Crippen LogP contribution in [-0.4, -0.2) is 34.4 Å². The number of amides is 2. The van der Waals surface area contributed by atoms with Crippen molar-refractivity contribution in [2.24, 2.45) is 0 Å². The Labute approximate surface area is 81.2 Å². The highest BCUT2D eigenvalue weighted by atomic mass is 16.5. The fourth-order valence-electron chi connectivity index (χ4n) is 0.799. The highest BCUT2D eigenvalue weighted by Crippen LogP contribution is 2.03. The Morgan fingerprint density at radius 1 is 1.57 bits per heavy atom. The molecule has 0 unspecified atom stereocenters. The zero-order valence-corrected chi connectivity index (χ0v) is 8.29. The summed E-state index contributed by atoms with van der Waals surface area (Å²) in [5.41, 5.74) is 0. The molecule has 0 aliphatic carbocycles. The lowest BCUT2D eigenvalue weighted by atomic mass is 10.4. The predicted octanol–water partition coefficient (Wildman–Crippen LogP) is 0.343. The number of anilines is 1. The first-order valence-electron chi connectivity index (χ1n) is 4.15. The molecule has 1 rings (SSSR count). The van der Waals surface area contributed by atoms with Crippen LogP contribution in [0.15, 0.2) is 0 Å². The Kier molecular flexibility index (Phi) is 3.27. The van der Waals surface area contributed by atoms with Crippen molar-refractivity contribution in [1.82, 2.24) is 20.5 Å². The summed E-state index contributed by atoms with van der Waals surface area (Å²) in [6, 6.07) is -0.0801. The van der Waals surface area contributed by atoms with Gasteiger partial charge in [-0.15, -0.1) is 5.10 Å². The summed E-state index contributed by atoms with van der Waals surface area (Å²) in [6.07, 6.45) is 0. The first kappa shape index (κ1) is 10.3. The molecule has 0 saturated carbocycles. The van der Waals surface area contributed by atoms with Gasteiger partial charge in [0, 0.05) is 6.04 Å². The summed E-state index contributed by atoms with van der Waals surface area (Å²) < 4.78 is 4.73. The zero-order valence-electron chi connectivity index (χ0n) is 8.29. The monoisotopic (exact) mass is 199 g/mol. The molecule has 2 amide bonds. The van der Waals surface area contributed by atoms with Crippen molar-refractivity contribution in [2.75, 3.05) is 12.4 Å². The second-order valence-electron chi connectivity index (χ2n) is 2.92. The van der Waals surface area contributed by atoms with Gasteiger partial charge in [0.15, 0.2) is 0 Å². The van der Waals surface area contributed by atoms with Crippen LogP contribution in [0.3, 0.4) is 0 Å². The van der Waals surface area contributed by atoms with Gasteiger partial charge >= 0.3 is 12.0 Å². The summed E-state index contributed by atoms with van der Waals surface area (Å²) in [5.74, 6) is 0.250. The summed E-state index contributed by atoms with van der Waals surface area (Å²) in [5, 5.41) is 11.3. The fourth-order valence-corrected chi connectivity index (χ4v) is 0.799. The van der Waals surface area contributed by atoms with E-state index >= 15 is 0 Å². The second-order valence-corrected chi connectivity index (χ2v) is 2.92. The van der Waals surface area contributed by atoms with Gasteiger partial charge < -0.3 is 10.1 Å². The highest BCUT2D eigenvalue weighted by Gasteiger charge is 2.07. The maximum absolute atomic E-state index is 11.2. The number of aromatic nitrogens is 3. The summed E-state index contributed by atoms with van der Waals surface area (Å²) in [4.78, 5) is 15.0. The molecule has 0 spiro atoms. The lowest BCUT2D eigenvalue weighted by Crippen LogP contribution is -2.34. The number of carbonyl (C=O) groups is 1. The van der Waals surface area contributed by atoms with Crippen LogP contribution in [0.4, 0.5) is 10.7 Å². The number of aromatic amines is 1. The van der Waals surface area contributed by atoms with Gasteiger partial charge in [-0.05, 0) is 13.8 Å². The van der Waals surface area contributed by atoms with Gasteiger partial charge in [-0.3, -0.25) is 5.32 Å². The fraction of sp³-hybridized carbons (Fsp3) is 0.571. The number of H-pyrrole nitrogens is 1. The van der Waals surface area contributed by atoms with E-state index in [4.69, 9.17) is 4.74 Å². The third kappa shape index (κ3) is 2.92. The van der Waals surface area contributed by atoms with Crippen LogP contribution in [0.2, 0.25) is 0 Å². The van der Waals surface area contributed by atoms with Gasteiger partial charge in [-0.2, -0.15) is 4.98 Å². The second kappa shape index (κ2) is 4.45.